The second-order valence-corrected chi connectivity index (χ2v) is 14.0. The third kappa shape index (κ3) is 10.8. The predicted molar refractivity (Wildman–Crippen MR) is 196 cm³/mol. The number of hydrogen-bond donors (Lipinski definition) is 0. The minimum Gasteiger partial charge on any atom is -0.871 e. The molecule has 244 valence electrons. The van der Waals surface area contributed by atoms with Gasteiger partial charge in [0, 0.05) is 32.5 Å². The van der Waals surface area contributed by atoms with E-state index in [1.807, 2.05) is 0 Å². The van der Waals surface area contributed by atoms with E-state index in [0.717, 1.165) is 33.6 Å². The first kappa shape index (κ1) is 40.8. The Balaban J connectivity index is 0.000000320. The summed E-state index contributed by atoms with van der Waals surface area (Å²) in [6.45, 7) is 17.1. The minimum atomic E-state index is -0.257. The first-order valence-corrected chi connectivity index (χ1v) is 16.8. The van der Waals surface area contributed by atoms with Crippen LogP contribution >= 0.6 is 46.4 Å². The summed E-state index contributed by atoms with van der Waals surface area (Å²) in [5, 5.41) is 25.3. The fraction of sp³-hybridized carbons (Fsp3) is 0.316. The van der Waals surface area contributed by atoms with Crippen molar-refractivity contribution in [3.05, 3.63) is 114 Å². The molecule has 0 fully saturated rings. The maximum absolute atomic E-state index is 12.1. The Bertz CT molecular complexity index is 1550. The predicted octanol–water partition coefficient (Wildman–Crippen LogP) is 12.1. The Morgan fingerprint density at radius 1 is 0.511 bits per heavy atom. The molecule has 0 aliphatic rings. The molecule has 4 aromatic carbocycles. The normalized spacial score (nSPS) is 11.6. The summed E-state index contributed by atoms with van der Waals surface area (Å²) < 4.78 is 0. The molecule has 47 heavy (non-hydrogen) atoms. The Hall–Kier alpha value is -2.40. The van der Waals surface area contributed by atoms with Crippen LogP contribution < -0.4 is 10.2 Å². The molecule has 0 aromatic heterocycles. The standard InChI is InChI=1S/2C19H21Cl2NO.Zn/c2*1-11(2)15-6-5-7-16(12(3)4)18(15)22-10-13-8-14(20)9-17(21)19(13)23;/h2*5-12,23H,1-4H3;/q;;+2/p-2. The zero-order valence-corrected chi connectivity index (χ0v) is 34.2. The summed E-state index contributed by atoms with van der Waals surface area (Å²) in [7, 11) is 0. The van der Waals surface area contributed by atoms with Crippen molar-refractivity contribution in [1.82, 2.24) is 0 Å². The molecular formula is C38H40Cl4N2O2Zn. The van der Waals surface area contributed by atoms with Crippen LogP contribution in [0.1, 0.15) is 112 Å². The number of halogens is 4. The van der Waals surface area contributed by atoms with Gasteiger partial charge in [0.1, 0.15) is 0 Å². The molecule has 9 heteroatoms. The van der Waals surface area contributed by atoms with Gasteiger partial charge in [0.05, 0.1) is 11.4 Å². The van der Waals surface area contributed by atoms with Gasteiger partial charge in [0.25, 0.3) is 0 Å². The molecule has 4 nitrogen and oxygen atoms in total. The number of nitrogens with zero attached hydrogens (tertiary/aromatic N) is 2. The maximum atomic E-state index is 12.1. The Morgan fingerprint density at radius 2 is 0.787 bits per heavy atom. The van der Waals surface area contributed by atoms with Gasteiger partial charge < -0.3 is 10.2 Å². The number of aliphatic imine (C=N–C) groups is 2. The smallest absolute Gasteiger partial charge is 0.871 e. The molecule has 0 amide bonds. The SMILES string of the molecule is CC(C)c1cccc(C(C)C)c1N=Cc1cc(Cl)cc(Cl)c1[O-].CC(C)c1cccc(C(C)C)c1N=Cc1cc(Cl)cc(Cl)c1[O-].[Zn+2]. The molecule has 0 aliphatic heterocycles. The largest absolute Gasteiger partial charge is 2.00 e. The second-order valence-electron chi connectivity index (χ2n) is 12.3. The number of hydrogen-bond acceptors (Lipinski definition) is 4. The number of rotatable bonds is 8. The van der Waals surface area contributed by atoms with Gasteiger partial charge in [-0.1, -0.05) is 150 Å². The van der Waals surface area contributed by atoms with E-state index in [1.54, 1.807) is 24.6 Å². The quantitative estimate of drug-likeness (QED) is 0.132. The molecule has 0 radical (unpaired) electrons. The Labute approximate surface area is 312 Å². The van der Waals surface area contributed by atoms with Crippen molar-refractivity contribution in [1.29, 1.82) is 0 Å². The van der Waals surface area contributed by atoms with Crippen LogP contribution in [0, 0.1) is 0 Å². The van der Waals surface area contributed by atoms with E-state index in [2.05, 4.69) is 102 Å². The van der Waals surface area contributed by atoms with Crippen LogP contribution in [0.15, 0.2) is 70.6 Å². The van der Waals surface area contributed by atoms with Crippen molar-refractivity contribution in [2.45, 2.75) is 79.1 Å². The molecule has 0 bridgehead atoms. The second kappa shape index (κ2) is 18.4. The van der Waals surface area contributed by atoms with Crippen molar-refractivity contribution >= 4 is 70.2 Å². The summed E-state index contributed by atoms with van der Waals surface area (Å²) in [5.74, 6) is 0.859. The van der Waals surface area contributed by atoms with E-state index in [1.165, 1.54) is 12.1 Å². The maximum Gasteiger partial charge on any atom is 2.00 e. The van der Waals surface area contributed by atoms with Crippen LogP contribution in [-0.4, -0.2) is 12.4 Å². The summed E-state index contributed by atoms with van der Waals surface area (Å²) in [6.07, 6.45) is 3.13. The summed E-state index contributed by atoms with van der Waals surface area (Å²) >= 11 is 23.8. The van der Waals surface area contributed by atoms with Gasteiger partial charge in [-0.15, -0.1) is 0 Å². The fourth-order valence-electron chi connectivity index (χ4n) is 4.94. The molecule has 0 saturated heterocycles. The molecule has 0 spiro atoms. The molecule has 0 aliphatic carbocycles. The van der Waals surface area contributed by atoms with Crippen molar-refractivity contribution in [2.75, 3.05) is 0 Å². The third-order valence-electron chi connectivity index (χ3n) is 7.42. The summed E-state index contributed by atoms with van der Waals surface area (Å²) in [6, 6.07) is 18.5. The van der Waals surface area contributed by atoms with E-state index in [9.17, 15) is 10.2 Å². The van der Waals surface area contributed by atoms with Gasteiger partial charge in [-0.25, -0.2) is 0 Å². The average Bonchev–Trinajstić information content (AvgIpc) is 2.98. The van der Waals surface area contributed by atoms with Crippen LogP contribution in [0.4, 0.5) is 11.4 Å². The Kier molecular flexibility index (Phi) is 16.0. The molecule has 0 unspecified atom stereocenters. The van der Waals surface area contributed by atoms with Crippen molar-refractivity contribution < 1.29 is 29.7 Å². The summed E-state index contributed by atoms with van der Waals surface area (Å²) in [4.78, 5) is 9.24. The first-order valence-electron chi connectivity index (χ1n) is 15.3. The monoisotopic (exact) mass is 760 g/mol. The number of benzene rings is 4. The van der Waals surface area contributed by atoms with E-state index < -0.39 is 0 Å². The molecule has 0 atom stereocenters. The zero-order chi connectivity index (χ0) is 34.3. The molecule has 4 rings (SSSR count). The van der Waals surface area contributed by atoms with Crippen LogP contribution in [0.2, 0.25) is 20.1 Å². The molecule has 4 aromatic rings. The average molecular weight is 764 g/mol. The van der Waals surface area contributed by atoms with Gasteiger partial charge in [0.2, 0.25) is 0 Å². The van der Waals surface area contributed by atoms with Crippen LogP contribution in [0.25, 0.3) is 0 Å². The molecule has 0 saturated carbocycles. The molecule has 0 heterocycles. The van der Waals surface area contributed by atoms with Gasteiger partial charge in [-0.2, -0.15) is 0 Å². The van der Waals surface area contributed by atoms with Gasteiger partial charge in [0.15, 0.2) is 0 Å². The first-order chi connectivity index (χ1) is 21.6. The summed E-state index contributed by atoms with van der Waals surface area (Å²) in [5.41, 5.74) is 7.29. The zero-order valence-electron chi connectivity index (χ0n) is 28.2. The molecular weight excluding hydrogens is 724 g/mol. The van der Waals surface area contributed by atoms with Crippen LogP contribution in [0.5, 0.6) is 11.5 Å². The fourth-order valence-corrected chi connectivity index (χ4v) is 5.96. The van der Waals surface area contributed by atoms with Gasteiger partial charge in [-0.05, 0) is 81.3 Å². The molecule has 0 N–H and O–H groups in total. The van der Waals surface area contributed by atoms with Crippen molar-refractivity contribution in [3.63, 3.8) is 0 Å². The van der Waals surface area contributed by atoms with Gasteiger partial charge >= 0.3 is 19.5 Å². The van der Waals surface area contributed by atoms with Crippen LogP contribution in [0.3, 0.4) is 0 Å². The van der Waals surface area contributed by atoms with Crippen molar-refractivity contribution in [2.24, 2.45) is 9.98 Å². The topological polar surface area (TPSA) is 70.8 Å². The van der Waals surface area contributed by atoms with E-state index in [4.69, 9.17) is 46.4 Å². The van der Waals surface area contributed by atoms with E-state index in [0.29, 0.717) is 44.8 Å². The third-order valence-corrected chi connectivity index (χ3v) is 8.42. The van der Waals surface area contributed by atoms with Gasteiger partial charge in [-0.3, -0.25) is 9.98 Å². The van der Waals surface area contributed by atoms with Crippen LogP contribution in [-0.2, 0) is 19.5 Å². The minimum absolute atomic E-state index is 0. The van der Waals surface area contributed by atoms with E-state index in [-0.39, 0.29) is 41.0 Å². The van der Waals surface area contributed by atoms with Crippen molar-refractivity contribution in [3.8, 4) is 11.5 Å². The number of para-hydroxylation sites is 2. The van der Waals surface area contributed by atoms with E-state index >= 15 is 0 Å². The Morgan fingerprint density at radius 3 is 1.04 bits per heavy atom.